The molecule has 1 aromatic carbocycles. The summed E-state index contributed by atoms with van der Waals surface area (Å²) in [6.07, 6.45) is 6.42. The molecule has 1 unspecified atom stereocenters. The molecule has 1 amide bonds. The second-order valence-corrected chi connectivity index (χ2v) is 6.55. The molecule has 1 heterocycles. The Hall–Kier alpha value is -2.58. The molecule has 1 aromatic heterocycles. The molecule has 5 nitrogen and oxygen atoms in total. The maximum absolute atomic E-state index is 12.1. The number of aliphatic hydroxyl groups is 1. The molecule has 1 atom stereocenters. The first-order chi connectivity index (χ1) is 12.0. The predicted molar refractivity (Wildman–Crippen MR) is 99.7 cm³/mol. The second kappa shape index (κ2) is 9.05. The Morgan fingerprint density at radius 3 is 2.84 bits per heavy atom. The highest BCUT2D eigenvalue weighted by molar-refractivity contribution is 5.96. The van der Waals surface area contributed by atoms with Crippen molar-refractivity contribution in [3.8, 4) is 6.07 Å². The van der Waals surface area contributed by atoms with Gasteiger partial charge in [-0.3, -0.25) is 4.79 Å². The lowest BCUT2D eigenvalue weighted by Crippen LogP contribution is -2.37. The van der Waals surface area contributed by atoms with Gasteiger partial charge in [-0.1, -0.05) is 32.0 Å². The molecule has 2 N–H and O–H groups in total. The van der Waals surface area contributed by atoms with E-state index in [2.05, 4.69) is 25.2 Å². The van der Waals surface area contributed by atoms with Gasteiger partial charge in [0.15, 0.2) is 0 Å². The molecule has 2 aromatic rings. The maximum atomic E-state index is 12.1. The maximum Gasteiger partial charge on any atom is 0.244 e. The van der Waals surface area contributed by atoms with E-state index < -0.39 is 0 Å². The van der Waals surface area contributed by atoms with E-state index in [1.165, 1.54) is 6.08 Å². The Morgan fingerprint density at radius 2 is 2.16 bits per heavy atom. The number of aliphatic hydroxyl groups excluding tert-OH is 1. The average Bonchev–Trinajstić information content (AvgIpc) is 2.95. The highest BCUT2D eigenvalue weighted by atomic mass is 16.3. The van der Waals surface area contributed by atoms with Gasteiger partial charge in [0.05, 0.1) is 25.1 Å². The van der Waals surface area contributed by atoms with Gasteiger partial charge in [0.2, 0.25) is 5.91 Å². The molecule has 0 radical (unpaired) electrons. The fourth-order valence-corrected chi connectivity index (χ4v) is 2.93. The van der Waals surface area contributed by atoms with Gasteiger partial charge in [0.25, 0.3) is 0 Å². The highest BCUT2D eigenvalue weighted by Gasteiger charge is 2.12. The van der Waals surface area contributed by atoms with Crippen molar-refractivity contribution in [2.75, 3.05) is 6.61 Å². The van der Waals surface area contributed by atoms with Gasteiger partial charge < -0.3 is 15.0 Å². The number of carbonyl (C=O) groups is 1. The summed E-state index contributed by atoms with van der Waals surface area (Å²) in [5.41, 5.74) is 1.99. The normalized spacial score (nSPS) is 12.6. The second-order valence-electron chi connectivity index (χ2n) is 6.55. The van der Waals surface area contributed by atoms with Crippen LogP contribution in [-0.2, 0) is 11.3 Å². The number of aryl methyl sites for hydroxylation is 1. The fraction of sp³-hybridized carbons (Fsp3) is 0.400. The number of rotatable bonds is 8. The molecule has 0 spiro atoms. The summed E-state index contributed by atoms with van der Waals surface area (Å²) in [5.74, 6) is 0.188. The quantitative estimate of drug-likeness (QED) is 0.726. The van der Waals surface area contributed by atoms with E-state index in [1.54, 1.807) is 6.08 Å². The number of carbonyl (C=O) groups excluding carboxylic acids is 1. The molecule has 5 heteroatoms. The van der Waals surface area contributed by atoms with Crippen LogP contribution in [0.4, 0.5) is 0 Å². The first-order valence-corrected chi connectivity index (χ1v) is 8.59. The molecular formula is C20H25N3O2. The van der Waals surface area contributed by atoms with Gasteiger partial charge in [0, 0.05) is 35.3 Å². The number of nitrogens with one attached hydrogen (secondary N) is 1. The SMILES string of the molecule is CC(C)CC(CO)NC(=O)/C=C/c1cn(CCC#N)c2ccccc12. The Bertz CT molecular complexity index is 784. The van der Waals surface area contributed by atoms with Crippen molar-refractivity contribution < 1.29 is 9.90 Å². The molecule has 0 saturated carbocycles. The third-order valence-corrected chi connectivity index (χ3v) is 4.02. The standard InChI is InChI=1S/C20H25N3O2/c1-15(2)12-17(14-24)22-20(25)9-8-16-13-23(11-5-10-21)19-7-4-3-6-18(16)19/h3-4,6-9,13,15,17,24H,5,11-12,14H2,1-2H3,(H,22,25)/b9-8+. The van der Waals surface area contributed by atoms with Gasteiger partial charge in [0.1, 0.15) is 0 Å². The average molecular weight is 339 g/mol. The Morgan fingerprint density at radius 1 is 1.40 bits per heavy atom. The molecule has 0 aliphatic heterocycles. The molecule has 132 valence electrons. The largest absolute Gasteiger partial charge is 0.394 e. The number of amides is 1. The number of nitriles is 1. The summed E-state index contributed by atoms with van der Waals surface area (Å²) >= 11 is 0. The molecular weight excluding hydrogens is 314 g/mol. The Labute approximate surface area is 148 Å². The minimum Gasteiger partial charge on any atom is -0.394 e. The molecule has 0 aliphatic rings. The molecule has 0 bridgehead atoms. The monoisotopic (exact) mass is 339 g/mol. The van der Waals surface area contributed by atoms with Crippen LogP contribution in [0.25, 0.3) is 17.0 Å². The summed E-state index contributed by atoms with van der Waals surface area (Å²) in [4.78, 5) is 12.1. The predicted octanol–water partition coefficient (Wildman–Crippen LogP) is 3.09. The highest BCUT2D eigenvalue weighted by Crippen LogP contribution is 2.22. The minimum absolute atomic E-state index is 0.0643. The van der Waals surface area contributed by atoms with Gasteiger partial charge >= 0.3 is 0 Å². The van der Waals surface area contributed by atoms with E-state index >= 15 is 0 Å². The van der Waals surface area contributed by atoms with Crippen molar-refractivity contribution in [2.45, 2.75) is 39.3 Å². The van der Waals surface area contributed by atoms with E-state index in [1.807, 2.05) is 35.0 Å². The minimum atomic E-state index is -0.228. The Balaban J connectivity index is 2.15. The summed E-state index contributed by atoms with van der Waals surface area (Å²) in [7, 11) is 0. The lowest BCUT2D eigenvalue weighted by atomic mass is 10.0. The van der Waals surface area contributed by atoms with E-state index in [4.69, 9.17) is 5.26 Å². The lowest BCUT2D eigenvalue weighted by Gasteiger charge is -2.17. The topological polar surface area (TPSA) is 78.0 Å². The number of nitrogens with zero attached hydrogens (tertiary/aromatic N) is 2. The van der Waals surface area contributed by atoms with Gasteiger partial charge in [-0.05, 0) is 24.5 Å². The number of hydrogen-bond acceptors (Lipinski definition) is 3. The van der Waals surface area contributed by atoms with Crippen LogP contribution in [0.2, 0.25) is 0 Å². The smallest absolute Gasteiger partial charge is 0.244 e. The van der Waals surface area contributed by atoms with Crippen LogP contribution in [0.5, 0.6) is 0 Å². The zero-order valence-electron chi connectivity index (χ0n) is 14.8. The zero-order valence-corrected chi connectivity index (χ0v) is 14.8. The van der Waals surface area contributed by atoms with Crippen LogP contribution in [-0.4, -0.2) is 28.2 Å². The van der Waals surface area contributed by atoms with E-state index in [0.29, 0.717) is 18.9 Å². The van der Waals surface area contributed by atoms with Gasteiger partial charge in [-0.2, -0.15) is 5.26 Å². The van der Waals surface area contributed by atoms with Crippen molar-refractivity contribution in [1.82, 2.24) is 9.88 Å². The van der Waals surface area contributed by atoms with E-state index in [9.17, 15) is 9.90 Å². The zero-order chi connectivity index (χ0) is 18.2. The number of benzene rings is 1. The molecule has 0 aliphatic carbocycles. The molecule has 0 fully saturated rings. The fourth-order valence-electron chi connectivity index (χ4n) is 2.93. The van der Waals surface area contributed by atoms with Crippen molar-refractivity contribution >= 4 is 22.9 Å². The summed E-state index contributed by atoms with van der Waals surface area (Å²) in [6.45, 7) is 4.67. The van der Waals surface area contributed by atoms with Gasteiger partial charge in [-0.25, -0.2) is 0 Å². The van der Waals surface area contributed by atoms with Crippen LogP contribution in [0.15, 0.2) is 36.5 Å². The number of aromatic nitrogens is 1. The molecule has 0 saturated heterocycles. The van der Waals surface area contributed by atoms with Crippen LogP contribution >= 0.6 is 0 Å². The number of fused-ring (bicyclic) bond motifs is 1. The van der Waals surface area contributed by atoms with Crippen LogP contribution in [0, 0.1) is 17.2 Å². The first kappa shape index (κ1) is 18.8. The van der Waals surface area contributed by atoms with E-state index in [-0.39, 0.29) is 18.6 Å². The van der Waals surface area contributed by atoms with Crippen molar-refractivity contribution in [2.24, 2.45) is 5.92 Å². The molecule has 25 heavy (non-hydrogen) atoms. The third-order valence-electron chi connectivity index (χ3n) is 4.02. The Kier molecular flexibility index (Phi) is 6.79. The van der Waals surface area contributed by atoms with Crippen molar-refractivity contribution in [1.29, 1.82) is 5.26 Å². The van der Waals surface area contributed by atoms with Crippen molar-refractivity contribution in [3.63, 3.8) is 0 Å². The summed E-state index contributed by atoms with van der Waals surface area (Å²) in [6, 6.07) is 9.86. The molecule has 2 rings (SSSR count). The van der Waals surface area contributed by atoms with Crippen molar-refractivity contribution in [3.05, 3.63) is 42.1 Å². The van der Waals surface area contributed by atoms with Crippen LogP contribution in [0.1, 0.15) is 32.3 Å². The summed E-state index contributed by atoms with van der Waals surface area (Å²) < 4.78 is 2.03. The number of para-hydroxylation sites is 1. The third kappa shape index (κ3) is 5.20. The van der Waals surface area contributed by atoms with Gasteiger partial charge in [-0.15, -0.1) is 0 Å². The number of hydrogen-bond donors (Lipinski definition) is 2. The summed E-state index contributed by atoms with van der Waals surface area (Å²) in [5, 5.41) is 22.0. The first-order valence-electron chi connectivity index (χ1n) is 8.59. The van der Waals surface area contributed by atoms with Crippen LogP contribution < -0.4 is 5.32 Å². The lowest BCUT2D eigenvalue weighted by molar-refractivity contribution is -0.117. The van der Waals surface area contributed by atoms with E-state index in [0.717, 1.165) is 22.9 Å². The van der Waals surface area contributed by atoms with Crippen LogP contribution in [0.3, 0.4) is 0 Å².